The average molecular weight is 125 g/mol. The van der Waals surface area contributed by atoms with E-state index in [4.69, 9.17) is 5.73 Å². The standard InChI is InChI=1S/C7H11NO/c1-5(7(3)9)4-6(2)8/h4H,2,8H2,1,3H3/b5-4+. The third-order valence-corrected chi connectivity index (χ3v) is 0.957. The Balaban J connectivity index is 4.17. The highest BCUT2D eigenvalue weighted by atomic mass is 16.1. The van der Waals surface area contributed by atoms with Gasteiger partial charge in [-0.05, 0) is 25.5 Å². The lowest BCUT2D eigenvalue weighted by Gasteiger charge is -1.91. The van der Waals surface area contributed by atoms with Crippen LogP contribution < -0.4 is 5.73 Å². The molecule has 9 heavy (non-hydrogen) atoms. The highest BCUT2D eigenvalue weighted by Crippen LogP contribution is 1.95. The van der Waals surface area contributed by atoms with Gasteiger partial charge in [0, 0.05) is 5.70 Å². The summed E-state index contributed by atoms with van der Waals surface area (Å²) in [7, 11) is 0. The van der Waals surface area contributed by atoms with Crippen molar-refractivity contribution in [3.8, 4) is 0 Å². The average Bonchev–Trinajstić information content (AvgIpc) is 1.63. The minimum Gasteiger partial charge on any atom is -0.399 e. The van der Waals surface area contributed by atoms with Crippen LogP contribution in [-0.4, -0.2) is 5.78 Å². The quantitative estimate of drug-likeness (QED) is 0.442. The Kier molecular flexibility index (Phi) is 2.71. The fourth-order valence-corrected chi connectivity index (χ4v) is 0.380. The van der Waals surface area contributed by atoms with Gasteiger partial charge in [0.2, 0.25) is 0 Å². The molecule has 0 unspecified atom stereocenters. The van der Waals surface area contributed by atoms with E-state index in [1.165, 1.54) is 6.92 Å². The first-order valence-electron chi connectivity index (χ1n) is 2.67. The van der Waals surface area contributed by atoms with Gasteiger partial charge in [0.15, 0.2) is 5.78 Å². The van der Waals surface area contributed by atoms with Gasteiger partial charge in [-0.15, -0.1) is 0 Å². The maximum Gasteiger partial charge on any atom is 0.155 e. The zero-order valence-electron chi connectivity index (χ0n) is 5.77. The van der Waals surface area contributed by atoms with E-state index >= 15 is 0 Å². The zero-order valence-corrected chi connectivity index (χ0v) is 5.77. The number of Topliss-reactive ketones (excluding diaryl/α,β-unsaturated/α-hetero) is 1. The van der Waals surface area contributed by atoms with Crippen molar-refractivity contribution in [1.29, 1.82) is 0 Å². The van der Waals surface area contributed by atoms with Crippen LogP contribution in [0.2, 0.25) is 0 Å². The molecular weight excluding hydrogens is 114 g/mol. The third kappa shape index (κ3) is 3.53. The van der Waals surface area contributed by atoms with E-state index in [2.05, 4.69) is 6.58 Å². The molecular formula is C7H11NO. The summed E-state index contributed by atoms with van der Waals surface area (Å²) >= 11 is 0. The lowest BCUT2D eigenvalue weighted by molar-refractivity contribution is -0.113. The number of nitrogens with two attached hydrogens (primary N) is 1. The molecule has 2 N–H and O–H groups in total. The lowest BCUT2D eigenvalue weighted by atomic mass is 10.2. The Labute approximate surface area is 55.1 Å². The molecule has 0 saturated carbocycles. The summed E-state index contributed by atoms with van der Waals surface area (Å²) in [4.78, 5) is 10.5. The predicted octanol–water partition coefficient (Wildman–Crippen LogP) is 0.994. The molecule has 0 atom stereocenters. The number of carbonyl (C=O) groups is 1. The van der Waals surface area contributed by atoms with Gasteiger partial charge >= 0.3 is 0 Å². The van der Waals surface area contributed by atoms with Crippen LogP contribution in [0.4, 0.5) is 0 Å². The van der Waals surface area contributed by atoms with Crippen LogP contribution in [0.15, 0.2) is 23.9 Å². The Morgan fingerprint density at radius 3 is 2.11 bits per heavy atom. The molecule has 0 aliphatic rings. The fraction of sp³-hybridized carbons (Fsp3) is 0.286. The summed E-state index contributed by atoms with van der Waals surface area (Å²) in [6.45, 7) is 6.63. The highest BCUT2D eigenvalue weighted by molar-refractivity contribution is 5.92. The SMILES string of the molecule is C=C(N)/C=C(\C)C(C)=O. The minimum absolute atomic E-state index is 0.0293. The van der Waals surface area contributed by atoms with Crippen molar-refractivity contribution in [1.82, 2.24) is 0 Å². The topological polar surface area (TPSA) is 43.1 Å². The van der Waals surface area contributed by atoms with Crippen molar-refractivity contribution in [2.24, 2.45) is 5.73 Å². The normalized spacial score (nSPS) is 11.1. The van der Waals surface area contributed by atoms with Crippen LogP contribution in [0.1, 0.15) is 13.8 Å². The van der Waals surface area contributed by atoms with Crippen LogP contribution in [-0.2, 0) is 4.79 Å². The van der Waals surface area contributed by atoms with Crippen molar-refractivity contribution in [2.45, 2.75) is 13.8 Å². The summed E-state index contributed by atoms with van der Waals surface area (Å²) < 4.78 is 0. The summed E-state index contributed by atoms with van der Waals surface area (Å²) in [5.74, 6) is 0.0293. The van der Waals surface area contributed by atoms with Crippen LogP contribution in [0.3, 0.4) is 0 Å². The number of hydrogen-bond acceptors (Lipinski definition) is 2. The first kappa shape index (κ1) is 7.95. The fourth-order valence-electron chi connectivity index (χ4n) is 0.380. The first-order valence-corrected chi connectivity index (χ1v) is 2.67. The molecule has 0 aromatic rings. The molecule has 2 heteroatoms. The molecule has 0 saturated heterocycles. The second-order valence-electron chi connectivity index (χ2n) is 1.96. The molecule has 0 radical (unpaired) electrons. The highest BCUT2D eigenvalue weighted by Gasteiger charge is 1.93. The van der Waals surface area contributed by atoms with Gasteiger partial charge in [-0.1, -0.05) is 6.58 Å². The summed E-state index contributed by atoms with van der Waals surface area (Å²) in [5.41, 5.74) is 6.27. The predicted molar refractivity (Wildman–Crippen MR) is 37.8 cm³/mol. The molecule has 0 aliphatic carbocycles. The molecule has 0 amide bonds. The van der Waals surface area contributed by atoms with Gasteiger partial charge in [0.25, 0.3) is 0 Å². The largest absolute Gasteiger partial charge is 0.399 e. The Morgan fingerprint density at radius 2 is 2.00 bits per heavy atom. The van der Waals surface area contributed by atoms with Crippen molar-refractivity contribution in [2.75, 3.05) is 0 Å². The van der Waals surface area contributed by atoms with Crippen LogP contribution in [0, 0.1) is 0 Å². The minimum atomic E-state index is 0.0293. The smallest absolute Gasteiger partial charge is 0.155 e. The summed E-state index contributed by atoms with van der Waals surface area (Å²) in [6, 6.07) is 0. The molecule has 0 aromatic heterocycles. The van der Waals surface area contributed by atoms with Crippen molar-refractivity contribution < 1.29 is 4.79 Å². The number of rotatable bonds is 2. The van der Waals surface area contributed by atoms with E-state index in [1.54, 1.807) is 13.0 Å². The molecule has 0 fully saturated rings. The number of allylic oxidation sites excluding steroid dienone is 2. The third-order valence-electron chi connectivity index (χ3n) is 0.957. The van der Waals surface area contributed by atoms with E-state index in [0.717, 1.165) is 0 Å². The van der Waals surface area contributed by atoms with Crippen molar-refractivity contribution >= 4 is 5.78 Å². The molecule has 0 rings (SSSR count). The maximum absolute atomic E-state index is 10.5. The van der Waals surface area contributed by atoms with Crippen molar-refractivity contribution in [3.63, 3.8) is 0 Å². The number of hydrogen-bond donors (Lipinski definition) is 1. The maximum atomic E-state index is 10.5. The Bertz CT molecular complexity index is 168. The molecule has 50 valence electrons. The van der Waals surface area contributed by atoms with E-state index in [0.29, 0.717) is 11.3 Å². The number of ketones is 1. The molecule has 0 aliphatic heterocycles. The summed E-state index contributed by atoms with van der Waals surface area (Å²) in [6.07, 6.45) is 1.56. The van der Waals surface area contributed by atoms with E-state index in [9.17, 15) is 4.79 Å². The van der Waals surface area contributed by atoms with E-state index in [1.807, 2.05) is 0 Å². The zero-order chi connectivity index (χ0) is 7.44. The van der Waals surface area contributed by atoms with E-state index in [-0.39, 0.29) is 5.78 Å². The van der Waals surface area contributed by atoms with Gasteiger partial charge in [0.05, 0.1) is 0 Å². The van der Waals surface area contributed by atoms with Crippen LogP contribution in [0.5, 0.6) is 0 Å². The monoisotopic (exact) mass is 125 g/mol. The number of carbonyl (C=O) groups excluding carboxylic acids is 1. The lowest BCUT2D eigenvalue weighted by Crippen LogP contribution is -1.96. The Morgan fingerprint density at radius 1 is 1.56 bits per heavy atom. The molecule has 0 heterocycles. The molecule has 2 nitrogen and oxygen atoms in total. The molecule has 0 bridgehead atoms. The van der Waals surface area contributed by atoms with E-state index < -0.39 is 0 Å². The first-order chi connectivity index (χ1) is 4.04. The summed E-state index contributed by atoms with van der Waals surface area (Å²) in [5, 5.41) is 0. The molecule has 0 aromatic carbocycles. The van der Waals surface area contributed by atoms with Gasteiger partial charge < -0.3 is 5.73 Å². The van der Waals surface area contributed by atoms with Crippen LogP contribution in [0.25, 0.3) is 0 Å². The molecule has 0 spiro atoms. The second kappa shape index (κ2) is 3.07. The second-order valence-corrected chi connectivity index (χ2v) is 1.96. The van der Waals surface area contributed by atoms with Gasteiger partial charge in [-0.3, -0.25) is 4.79 Å². The van der Waals surface area contributed by atoms with Crippen LogP contribution >= 0.6 is 0 Å². The van der Waals surface area contributed by atoms with Crippen molar-refractivity contribution in [3.05, 3.63) is 23.9 Å². The van der Waals surface area contributed by atoms with Gasteiger partial charge in [0.1, 0.15) is 0 Å². The van der Waals surface area contributed by atoms with Gasteiger partial charge in [-0.25, -0.2) is 0 Å². The van der Waals surface area contributed by atoms with Gasteiger partial charge in [-0.2, -0.15) is 0 Å². The Hall–Kier alpha value is -1.05.